The van der Waals surface area contributed by atoms with Crippen LogP contribution < -0.4 is 5.73 Å². The molecule has 4 N–H and O–H groups in total. The van der Waals surface area contributed by atoms with Gasteiger partial charge in [0, 0.05) is 24.5 Å². The summed E-state index contributed by atoms with van der Waals surface area (Å²) in [5, 5.41) is 25.4. The highest BCUT2D eigenvalue weighted by molar-refractivity contribution is 6.04. The van der Waals surface area contributed by atoms with Gasteiger partial charge in [0.15, 0.2) is 11.4 Å². The number of fused-ring (bicyclic) bond motifs is 2. The highest BCUT2D eigenvalue weighted by Crippen LogP contribution is 2.83. The summed E-state index contributed by atoms with van der Waals surface area (Å²) in [6.45, 7) is 0.598. The van der Waals surface area contributed by atoms with Gasteiger partial charge >= 0.3 is 5.97 Å². The summed E-state index contributed by atoms with van der Waals surface area (Å²) in [5.74, 6) is -3.03. The Labute approximate surface area is 217 Å². The Morgan fingerprint density at radius 2 is 1.84 bits per heavy atom. The zero-order valence-electron chi connectivity index (χ0n) is 20.7. The first kappa shape index (κ1) is 24.2. The summed E-state index contributed by atoms with van der Waals surface area (Å²) in [5.41, 5.74) is 3.96. The quantitative estimate of drug-likeness (QED) is 0.373. The number of carboxylic acid groups (broad SMARTS) is 1. The van der Waals surface area contributed by atoms with E-state index in [0.717, 1.165) is 5.56 Å². The van der Waals surface area contributed by atoms with E-state index in [0.29, 0.717) is 17.5 Å². The van der Waals surface area contributed by atoms with Crippen LogP contribution in [0.3, 0.4) is 0 Å². The molecule has 3 aliphatic rings. The van der Waals surface area contributed by atoms with Crippen LogP contribution in [0.15, 0.2) is 48.7 Å². The zero-order valence-corrected chi connectivity index (χ0v) is 20.7. The van der Waals surface area contributed by atoms with Crippen molar-refractivity contribution in [2.75, 3.05) is 6.61 Å². The van der Waals surface area contributed by atoms with E-state index in [4.69, 9.17) is 5.73 Å². The van der Waals surface area contributed by atoms with Gasteiger partial charge in [0.25, 0.3) is 0 Å². The fraction of sp³-hybridized carbons (Fsp3) is 0.407. The minimum absolute atomic E-state index is 0.0118. The number of aliphatic hydroxyl groups excluding tert-OH is 1. The van der Waals surface area contributed by atoms with Gasteiger partial charge in [0.1, 0.15) is 18.3 Å². The number of likely N-dealkylation sites (tertiary alicyclic amines) is 1. The van der Waals surface area contributed by atoms with E-state index in [1.165, 1.54) is 22.7 Å². The SMILES string of the molecule is CC(=O)c1nn(CC(=O)N2[C@H](C(=O)O)C[C@@]3(CO)C[C@]23[C@@]2(C(N)=O)C[C@H]2c2ccccc2)c2ncccc12. The minimum Gasteiger partial charge on any atom is -0.480 e. The predicted octanol–water partition coefficient (Wildman–Crippen LogP) is 1.10. The number of carboxylic acids is 1. The highest BCUT2D eigenvalue weighted by atomic mass is 16.4. The number of amides is 2. The first-order valence-corrected chi connectivity index (χ1v) is 12.5. The number of piperidine rings is 1. The van der Waals surface area contributed by atoms with Crippen molar-refractivity contribution >= 4 is 34.6 Å². The second-order valence-electron chi connectivity index (χ2n) is 10.7. The molecule has 2 aliphatic carbocycles. The molecule has 38 heavy (non-hydrogen) atoms. The highest BCUT2D eigenvalue weighted by Gasteiger charge is 2.90. The van der Waals surface area contributed by atoms with Gasteiger partial charge in [-0.2, -0.15) is 5.10 Å². The van der Waals surface area contributed by atoms with E-state index in [1.807, 2.05) is 30.3 Å². The number of benzene rings is 1. The van der Waals surface area contributed by atoms with Crippen LogP contribution in [0.5, 0.6) is 0 Å². The molecule has 3 aromatic rings. The predicted molar refractivity (Wildman–Crippen MR) is 133 cm³/mol. The van der Waals surface area contributed by atoms with Gasteiger partial charge in [0.2, 0.25) is 11.8 Å². The van der Waals surface area contributed by atoms with Crippen LogP contribution in [-0.4, -0.2) is 71.6 Å². The molecule has 3 fully saturated rings. The number of aromatic nitrogens is 3. The van der Waals surface area contributed by atoms with Crippen molar-refractivity contribution in [2.45, 2.75) is 50.2 Å². The molecule has 11 nitrogen and oxygen atoms in total. The molecule has 2 amide bonds. The Hall–Kier alpha value is -4.12. The van der Waals surface area contributed by atoms with Gasteiger partial charge in [0.05, 0.1) is 22.9 Å². The molecule has 0 radical (unpaired) electrons. The standard InChI is InChI=1S/C27H27N5O6/c1-15(34)21-17-8-5-9-29-22(17)31(30-21)12-20(35)32-19(23(36)37)11-25(14-33)13-27(25,32)26(24(28)38)10-18(26)16-6-3-2-4-7-16/h2-9,18-19,33H,10-14H2,1H3,(H2,28,38)(H,36,37)/t18-,19-,25-,26-,27-/m0/s1. The molecule has 2 saturated carbocycles. The number of primary amides is 1. The maximum Gasteiger partial charge on any atom is 0.326 e. The lowest BCUT2D eigenvalue weighted by molar-refractivity contribution is -0.154. The van der Waals surface area contributed by atoms with E-state index < -0.39 is 46.7 Å². The van der Waals surface area contributed by atoms with Crippen molar-refractivity contribution in [1.82, 2.24) is 19.7 Å². The Bertz CT molecular complexity index is 1520. The average molecular weight is 518 g/mol. The third kappa shape index (κ3) is 2.93. The van der Waals surface area contributed by atoms with Gasteiger partial charge in [-0.3, -0.25) is 14.4 Å². The molecule has 196 valence electrons. The molecular formula is C27H27N5O6. The van der Waals surface area contributed by atoms with Crippen molar-refractivity contribution < 1.29 is 29.4 Å². The van der Waals surface area contributed by atoms with Crippen LogP contribution in [-0.2, 0) is 20.9 Å². The maximum atomic E-state index is 14.0. The molecule has 3 heterocycles. The number of pyridine rings is 1. The first-order valence-electron chi connectivity index (χ1n) is 12.5. The van der Waals surface area contributed by atoms with Crippen molar-refractivity contribution in [3.63, 3.8) is 0 Å². The van der Waals surface area contributed by atoms with Gasteiger partial charge in [-0.25, -0.2) is 14.5 Å². The summed E-state index contributed by atoms with van der Waals surface area (Å²) >= 11 is 0. The molecule has 0 spiro atoms. The summed E-state index contributed by atoms with van der Waals surface area (Å²) in [6.07, 6.45) is 2.15. The molecule has 1 aromatic carbocycles. The number of rotatable bonds is 8. The molecule has 1 saturated heterocycles. The molecule has 6 rings (SSSR count). The second kappa shape index (κ2) is 7.94. The fourth-order valence-electron chi connectivity index (χ4n) is 7.30. The zero-order chi connectivity index (χ0) is 27.0. The van der Waals surface area contributed by atoms with Crippen LogP contribution in [0, 0.1) is 10.8 Å². The lowest BCUT2D eigenvalue weighted by atomic mass is 9.82. The Morgan fingerprint density at radius 1 is 1.11 bits per heavy atom. The topological polar surface area (TPSA) is 169 Å². The second-order valence-corrected chi connectivity index (χ2v) is 10.7. The van der Waals surface area contributed by atoms with Crippen molar-refractivity contribution in [3.8, 4) is 0 Å². The minimum atomic E-state index is -1.25. The number of aliphatic carboxylic acids is 1. The first-order chi connectivity index (χ1) is 18.1. The van der Waals surface area contributed by atoms with Crippen LogP contribution in [0.25, 0.3) is 11.0 Å². The molecule has 0 bridgehead atoms. The van der Waals surface area contributed by atoms with Crippen molar-refractivity contribution in [1.29, 1.82) is 0 Å². The number of ketones is 1. The third-order valence-electron chi connectivity index (χ3n) is 8.98. The van der Waals surface area contributed by atoms with Crippen molar-refractivity contribution in [3.05, 3.63) is 59.9 Å². The van der Waals surface area contributed by atoms with E-state index in [9.17, 15) is 29.4 Å². The smallest absolute Gasteiger partial charge is 0.326 e. The number of carbonyl (C=O) groups is 4. The normalized spacial score (nSPS) is 31.2. The number of nitrogens with zero attached hydrogens (tertiary/aromatic N) is 4. The summed E-state index contributed by atoms with van der Waals surface area (Å²) in [7, 11) is 0. The van der Waals surface area contributed by atoms with E-state index in [2.05, 4.69) is 10.1 Å². The lowest BCUT2D eigenvalue weighted by Gasteiger charge is -2.38. The number of hydrogen-bond donors (Lipinski definition) is 3. The van der Waals surface area contributed by atoms with Gasteiger partial charge in [-0.05, 0) is 37.0 Å². The van der Waals surface area contributed by atoms with E-state index in [-0.39, 0.29) is 36.8 Å². The Balaban J connectivity index is 1.45. The number of carbonyl (C=O) groups excluding carboxylic acids is 3. The average Bonchev–Trinajstić information content (AvgIpc) is 3.75. The van der Waals surface area contributed by atoms with Crippen LogP contribution in [0.1, 0.15) is 48.2 Å². The summed E-state index contributed by atoms with van der Waals surface area (Å²) in [6, 6.07) is 11.4. The maximum absolute atomic E-state index is 14.0. The monoisotopic (exact) mass is 517 g/mol. The molecule has 5 atom stereocenters. The van der Waals surface area contributed by atoms with Crippen LogP contribution in [0.4, 0.5) is 0 Å². The number of hydrogen-bond acceptors (Lipinski definition) is 7. The third-order valence-corrected chi connectivity index (χ3v) is 8.98. The fourth-order valence-corrected chi connectivity index (χ4v) is 7.30. The van der Waals surface area contributed by atoms with Crippen molar-refractivity contribution in [2.24, 2.45) is 16.6 Å². The summed E-state index contributed by atoms with van der Waals surface area (Å²) < 4.78 is 1.29. The van der Waals surface area contributed by atoms with Gasteiger partial charge in [-0.15, -0.1) is 0 Å². The number of Topliss-reactive ketones (excluding diaryl/α,β-unsaturated/α-hetero) is 1. The van der Waals surface area contributed by atoms with Gasteiger partial charge in [-0.1, -0.05) is 30.3 Å². The lowest BCUT2D eigenvalue weighted by Crippen LogP contribution is -2.57. The largest absolute Gasteiger partial charge is 0.480 e. The Morgan fingerprint density at radius 3 is 2.47 bits per heavy atom. The Kier molecular flexibility index (Phi) is 5.06. The number of nitrogens with two attached hydrogens (primary N) is 1. The molecule has 2 aromatic heterocycles. The molecule has 0 unspecified atom stereocenters. The van der Waals surface area contributed by atoms with Gasteiger partial charge < -0.3 is 20.8 Å². The molecule has 11 heteroatoms. The number of aliphatic hydroxyl groups is 1. The molecular weight excluding hydrogens is 490 g/mol. The van der Waals surface area contributed by atoms with Crippen LogP contribution >= 0.6 is 0 Å². The van der Waals surface area contributed by atoms with E-state index in [1.54, 1.807) is 12.1 Å². The van der Waals surface area contributed by atoms with Crippen LogP contribution in [0.2, 0.25) is 0 Å². The summed E-state index contributed by atoms with van der Waals surface area (Å²) in [4.78, 5) is 57.4. The van der Waals surface area contributed by atoms with E-state index >= 15 is 0 Å². The molecule has 1 aliphatic heterocycles.